The summed E-state index contributed by atoms with van der Waals surface area (Å²) in [5.74, 6) is -1.83. The van der Waals surface area contributed by atoms with E-state index in [-0.39, 0.29) is 43.6 Å². The minimum Gasteiger partial charge on any atom is -0.357 e. The lowest BCUT2D eigenvalue weighted by Gasteiger charge is -2.31. The zero-order chi connectivity index (χ0) is 27.7. The van der Waals surface area contributed by atoms with E-state index in [1.54, 1.807) is 18.2 Å². The molecule has 0 heterocycles. The van der Waals surface area contributed by atoms with Crippen LogP contribution in [0, 0.1) is 11.6 Å². The molecule has 10 heteroatoms. The Labute approximate surface area is 222 Å². The Bertz CT molecular complexity index is 1340. The van der Waals surface area contributed by atoms with Gasteiger partial charge in [0.1, 0.15) is 17.7 Å². The minimum absolute atomic E-state index is 0.0347. The van der Waals surface area contributed by atoms with E-state index in [0.29, 0.717) is 0 Å². The molecule has 2 amide bonds. The standard InChI is InChI=1S/C28H31F2N3O4S/c1-31-28(35)26(19-21-9-4-3-5-10-21)32(20-22-11-6-7-12-25(22)30)27(34)13-8-18-33(38(2,36)37)24-16-14-23(29)15-17-24/h3-7,9-12,14-17,26H,8,13,18-20H2,1-2H3,(H,31,35). The van der Waals surface area contributed by atoms with Crippen molar-refractivity contribution < 1.29 is 26.8 Å². The highest BCUT2D eigenvalue weighted by Crippen LogP contribution is 2.21. The molecular weight excluding hydrogens is 512 g/mol. The maximum absolute atomic E-state index is 14.6. The van der Waals surface area contributed by atoms with Gasteiger partial charge in [-0.15, -0.1) is 0 Å². The van der Waals surface area contributed by atoms with Gasteiger partial charge in [0.25, 0.3) is 0 Å². The van der Waals surface area contributed by atoms with Crippen LogP contribution in [-0.4, -0.2) is 51.0 Å². The number of halogens is 2. The number of rotatable bonds is 12. The number of hydrogen-bond acceptors (Lipinski definition) is 4. The molecule has 7 nitrogen and oxygen atoms in total. The largest absolute Gasteiger partial charge is 0.357 e. The van der Waals surface area contributed by atoms with Gasteiger partial charge in [-0.2, -0.15) is 0 Å². The first-order chi connectivity index (χ1) is 18.1. The number of amides is 2. The van der Waals surface area contributed by atoms with Crippen LogP contribution in [0.5, 0.6) is 0 Å². The molecule has 3 aromatic carbocycles. The Morgan fingerprint density at radius 3 is 2.16 bits per heavy atom. The van der Waals surface area contributed by atoms with Crippen molar-refractivity contribution in [1.29, 1.82) is 0 Å². The molecular formula is C28H31F2N3O4S. The predicted molar refractivity (Wildman–Crippen MR) is 143 cm³/mol. The fraction of sp³-hybridized carbons (Fsp3) is 0.286. The lowest BCUT2D eigenvalue weighted by molar-refractivity contribution is -0.141. The third-order valence-corrected chi connectivity index (χ3v) is 7.28. The van der Waals surface area contributed by atoms with E-state index in [1.165, 1.54) is 30.1 Å². The molecule has 0 aliphatic rings. The fourth-order valence-corrected chi connectivity index (χ4v) is 5.11. The van der Waals surface area contributed by atoms with Crippen LogP contribution in [0.4, 0.5) is 14.5 Å². The summed E-state index contributed by atoms with van der Waals surface area (Å²) in [6, 6.07) is 19.3. The molecule has 38 heavy (non-hydrogen) atoms. The van der Waals surface area contributed by atoms with Crippen molar-refractivity contribution in [3.63, 3.8) is 0 Å². The highest BCUT2D eigenvalue weighted by Gasteiger charge is 2.30. The minimum atomic E-state index is -3.71. The monoisotopic (exact) mass is 543 g/mol. The number of nitrogens with zero attached hydrogens (tertiary/aromatic N) is 2. The molecule has 0 aromatic heterocycles. The van der Waals surface area contributed by atoms with Gasteiger partial charge in [-0.05, 0) is 42.3 Å². The van der Waals surface area contributed by atoms with Crippen LogP contribution in [0.2, 0.25) is 0 Å². The molecule has 3 aromatic rings. The number of anilines is 1. The first-order valence-electron chi connectivity index (χ1n) is 12.1. The summed E-state index contributed by atoms with van der Waals surface area (Å²) in [6.45, 7) is -0.169. The molecule has 0 radical (unpaired) electrons. The van der Waals surface area contributed by atoms with Gasteiger partial charge in [-0.1, -0.05) is 48.5 Å². The molecule has 0 aliphatic carbocycles. The van der Waals surface area contributed by atoms with Crippen molar-refractivity contribution in [2.45, 2.75) is 31.8 Å². The lowest BCUT2D eigenvalue weighted by atomic mass is 10.0. The van der Waals surface area contributed by atoms with E-state index in [1.807, 2.05) is 30.3 Å². The summed E-state index contributed by atoms with van der Waals surface area (Å²) in [5, 5.41) is 2.60. The molecule has 1 atom stereocenters. The maximum Gasteiger partial charge on any atom is 0.242 e. The predicted octanol–water partition coefficient (Wildman–Crippen LogP) is 3.90. The molecule has 0 spiro atoms. The Balaban J connectivity index is 1.84. The average Bonchev–Trinajstić information content (AvgIpc) is 2.89. The van der Waals surface area contributed by atoms with E-state index < -0.39 is 39.5 Å². The number of likely N-dealkylation sites (N-methyl/N-ethyl adjacent to an activating group) is 1. The van der Waals surface area contributed by atoms with Crippen LogP contribution < -0.4 is 9.62 Å². The van der Waals surface area contributed by atoms with Gasteiger partial charge in [0, 0.05) is 38.5 Å². The zero-order valence-electron chi connectivity index (χ0n) is 21.3. The van der Waals surface area contributed by atoms with Crippen LogP contribution in [0.3, 0.4) is 0 Å². The van der Waals surface area contributed by atoms with Crippen LogP contribution >= 0.6 is 0 Å². The smallest absolute Gasteiger partial charge is 0.242 e. The van der Waals surface area contributed by atoms with E-state index in [4.69, 9.17) is 0 Å². The van der Waals surface area contributed by atoms with Crippen LogP contribution in [0.15, 0.2) is 78.9 Å². The summed E-state index contributed by atoms with van der Waals surface area (Å²) in [5.41, 5.74) is 1.36. The van der Waals surface area contributed by atoms with Crippen LogP contribution in [-0.2, 0) is 32.6 Å². The summed E-state index contributed by atoms with van der Waals surface area (Å²) < 4.78 is 53.8. The Morgan fingerprint density at radius 2 is 1.55 bits per heavy atom. The van der Waals surface area contributed by atoms with Gasteiger partial charge in [0.05, 0.1) is 11.9 Å². The highest BCUT2D eigenvalue weighted by molar-refractivity contribution is 7.92. The lowest BCUT2D eigenvalue weighted by Crippen LogP contribution is -2.50. The van der Waals surface area contributed by atoms with Gasteiger partial charge in [0.2, 0.25) is 21.8 Å². The van der Waals surface area contributed by atoms with Crippen molar-refractivity contribution >= 4 is 27.5 Å². The van der Waals surface area contributed by atoms with Gasteiger partial charge in [0.15, 0.2) is 0 Å². The van der Waals surface area contributed by atoms with Crippen LogP contribution in [0.25, 0.3) is 0 Å². The quantitative estimate of drug-likeness (QED) is 0.376. The third kappa shape index (κ3) is 7.85. The number of hydrogen-bond donors (Lipinski definition) is 1. The Morgan fingerprint density at radius 1 is 0.921 bits per heavy atom. The normalized spacial score (nSPS) is 12.0. The van der Waals surface area contributed by atoms with Gasteiger partial charge < -0.3 is 10.2 Å². The highest BCUT2D eigenvalue weighted by atomic mass is 32.2. The van der Waals surface area contributed by atoms with Crippen molar-refractivity contribution in [3.05, 3.63) is 102 Å². The second-order valence-corrected chi connectivity index (χ2v) is 10.8. The second kappa shape index (κ2) is 13.1. The van der Waals surface area contributed by atoms with Gasteiger partial charge >= 0.3 is 0 Å². The first-order valence-corrected chi connectivity index (χ1v) is 14.0. The molecule has 0 saturated carbocycles. The molecule has 3 rings (SSSR count). The molecule has 202 valence electrons. The number of sulfonamides is 1. The maximum atomic E-state index is 14.6. The summed E-state index contributed by atoms with van der Waals surface area (Å²) in [7, 11) is -2.23. The van der Waals surface area contributed by atoms with E-state index in [0.717, 1.165) is 28.3 Å². The molecule has 1 unspecified atom stereocenters. The zero-order valence-corrected chi connectivity index (χ0v) is 22.1. The molecule has 0 fully saturated rings. The molecule has 1 N–H and O–H groups in total. The van der Waals surface area contributed by atoms with Crippen molar-refractivity contribution in [2.75, 3.05) is 24.2 Å². The first kappa shape index (κ1) is 28.8. The number of carbonyl (C=O) groups excluding carboxylic acids is 2. The van der Waals surface area contributed by atoms with Gasteiger partial charge in [-0.3, -0.25) is 13.9 Å². The van der Waals surface area contributed by atoms with E-state index in [9.17, 15) is 26.8 Å². The van der Waals surface area contributed by atoms with Crippen molar-refractivity contribution in [3.8, 4) is 0 Å². The van der Waals surface area contributed by atoms with Crippen LogP contribution in [0.1, 0.15) is 24.0 Å². The summed E-state index contributed by atoms with van der Waals surface area (Å²) >= 11 is 0. The SMILES string of the molecule is CNC(=O)C(Cc1ccccc1)N(Cc1ccccc1F)C(=O)CCCN(c1ccc(F)cc1)S(C)(=O)=O. The average molecular weight is 544 g/mol. The second-order valence-electron chi connectivity index (χ2n) is 8.85. The van der Waals surface area contributed by atoms with E-state index >= 15 is 0 Å². The Kier molecular flexibility index (Phi) is 9.95. The molecule has 0 bridgehead atoms. The number of carbonyl (C=O) groups is 2. The molecule has 0 aliphatic heterocycles. The summed E-state index contributed by atoms with van der Waals surface area (Å²) in [4.78, 5) is 27.8. The topological polar surface area (TPSA) is 86.8 Å². The van der Waals surface area contributed by atoms with Crippen molar-refractivity contribution in [1.82, 2.24) is 10.2 Å². The van der Waals surface area contributed by atoms with Crippen molar-refractivity contribution in [2.24, 2.45) is 0 Å². The summed E-state index contributed by atoms with van der Waals surface area (Å²) in [6.07, 6.45) is 1.28. The van der Waals surface area contributed by atoms with E-state index in [2.05, 4.69) is 5.32 Å². The third-order valence-electron chi connectivity index (χ3n) is 6.08. The van der Waals surface area contributed by atoms with Gasteiger partial charge in [-0.25, -0.2) is 17.2 Å². The number of benzene rings is 3. The Hall–Kier alpha value is -3.79. The number of nitrogens with one attached hydrogen (secondary N) is 1. The molecule has 0 saturated heterocycles. The fourth-order valence-electron chi connectivity index (χ4n) is 4.14.